The number of nitrogens with one attached hydrogen (secondary N) is 1. The molecular weight excluding hydrogens is 300 g/mol. The number of hydrogen-bond donors (Lipinski definition) is 2. The van der Waals surface area contributed by atoms with E-state index in [0.29, 0.717) is 5.92 Å². The molecule has 124 valence electrons. The SMILES string of the molecule is Cl.Cn1nc(C2CCCCC2)cc1NC(=O)C1(N)CCCC1. The first-order chi connectivity index (χ1) is 10.1. The van der Waals surface area contributed by atoms with E-state index in [2.05, 4.69) is 10.4 Å². The van der Waals surface area contributed by atoms with Crippen molar-refractivity contribution in [3.05, 3.63) is 11.8 Å². The fourth-order valence-electron chi connectivity index (χ4n) is 3.68. The molecule has 2 aliphatic rings. The summed E-state index contributed by atoms with van der Waals surface area (Å²) in [5, 5.41) is 7.59. The summed E-state index contributed by atoms with van der Waals surface area (Å²) in [4.78, 5) is 12.4. The minimum absolute atomic E-state index is 0. The van der Waals surface area contributed by atoms with Crippen LogP contribution in [0.2, 0.25) is 0 Å². The van der Waals surface area contributed by atoms with Gasteiger partial charge in [0.2, 0.25) is 5.91 Å². The Balaban J connectivity index is 0.00000176. The van der Waals surface area contributed by atoms with E-state index in [4.69, 9.17) is 5.73 Å². The molecule has 0 aromatic carbocycles. The van der Waals surface area contributed by atoms with Gasteiger partial charge in [0.1, 0.15) is 5.82 Å². The Kier molecular flexibility index (Phi) is 5.50. The molecule has 22 heavy (non-hydrogen) atoms. The second kappa shape index (κ2) is 7.01. The Morgan fingerprint density at radius 3 is 2.55 bits per heavy atom. The molecule has 0 unspecified atom stereocenters. The molecule has 6 heteroatoms. The number of rotatable bonds is 3. The zero-order valence-electron chi connectivity index (χ0n) is 13.3. The van der Waals surface area contributed by atoms with Crippen molar-refractivity contribution in [1.29, 1.82) is 0 Å². The number of halogens is 1. The van der Waals surface area contributed by atoms with Crippen molar-refractivity contribution in [1.82, 2.24) is 9.78 Å². The van der Waals surface area contributed by atoms with Gasteiger partial charge in [-0.2, -0.15) is 5.10 Å². The number of hydrogen-bond acceptors (Lipinski definition) is 3. The van der Waals surface area contributed by atoms with Gasteiger partial charge in [-0.25, -0.2) is 0 Å². The predicted molar refractivity (Wildman–Crippen MR) is 90.3 cm³/mol. The second-order valence-electron chi connectivity index (χ2n) is 6.73. The van der Waals surface area contributed by atoms with Crippen LogP contribution in [0.1, 0.15) is 69.4 Å². The van der Waals surface area contributed by atoms with E-state index in [1.807, 2.05) is 13.1 Å². The first-order valence-electron chi connectivity index (χ1n) is 8.23. The molecule has 0 bridgehead atoms. The number of amides is 1. The van der Waals surface area contributed by atoms with Crippen molar-refractivity contribution < 1.29 is 4.79 Å². The first-order valence-corrected chi connectivity index (χ1v) is 8.23. The van der Waals surface area contributed by atoms with Gasteiger partial charge in [-0.15, -0.1) is 12.4 Å². The summed E-state index contributed by atoms with van der Waals surface area (Å²) in [6.07, 6.45) is 9.99. The summed E-state index contributed by atoms with van der Waals surface area (Å²) in [6, 6.07) is 2.03. The van der Waals surface area contributed by atoms with E-state index >= 15 is 0 Å². The molecule has 3 N–H and O–H groups in total. The Morgan fingerprint density at radius 1 is 1.27 bits per heavy atom. The summed E-state index contributed by atoms with van der Waals surface area (Å²) in [5.41, 5.74) is 6.64. The third-order valence-electron chi connectivity index (χ3n) is 5.11. The number of nitrogens with two attached hydrogens (primary N) is 1. The number of aromatic nitrogens is 2. The molecule has 0 radical (unpaired) electrons. The molecule has 2 aliphatic carbocycles. The van der Waals surface area contributed by atoms with Crippen LogP contribution >= 0.6 is 12.4 Å². The summed E-state index contributed by atoms with van der Waals surface area (Å²) in [7, 11) is 1.89. The molecular formula is C16H27ClN4O. The molecule has 3 rings (SSSR count). The lowest BCUT2D eigenvalue weighted by Gasteiger charge is -2.22. The fraction of sp³-hybridized carbons (Fsp3) is 0.750. The van der Waals surface area contributed by atoms with Crippen LogP contribution in [0.15, 0.2) is 6.07 Å². The van der Waals surface area contributed by atoms with Crippen LogP contribution in [-0.4, -0.2) is 21.2 Å². The second-order valence-corrected chi connectivity index (χ2v) is 6.73. The number of aryl methyl sites for hydroxylation is 1. The van der Waals surface area contributed by atoms with Crippen LogP contribution in [-0.2, 0) is 11.8 Å². The molecule has 0 aliphatic heterocycles. The van der Waals surface area contributed by atoms with Gasteiger partial charge >= 0.3 is 0 Å². The summed E-state index contributed by atoms with van der Waals surface area (Å²) in [5.74, 6) is 1.27. The van der Waals surface area contributed by atoms with E-state index < -0.39 is 5.54 Å². The fourth-order valence-corrected chi connectivity index (χ4v) is 3.68. The number of carbonyl (C=O) groups excluding carboxylic acids is 1. The molecule has 5 nitrogen and oxygen atoms in total. The maximum absolute atomic E-state index is 12.4. The molecule has 2 saturated carbocycles. The maximum atomic E-state index is 12.4. The predicted octanol–water partition coefficient (Wildman–Crippen LogP) is 3.10. The number of anilines is 1. The standard InChI is InChI=1S/C16H26N4O.ClH/c1-20-14(18-15(21)16(17)9-5-6-10-16)11-13(19-20)12-7-3-2-4-8-12;/h11-12H,2-10,17H2,1H3,(H,18,21);1H. The zero-order valence-corrected chi connectivity index (χ0v) is 14.1. The highest BCUT2D eigenvalue weighted by atomic mass is 35.5. The molecule has 1 aromatic heterocycles. The Hall–Kier alpha value is -1.07. The zero-order chi connectivity index (χ0) is 14.9. The van der Waals surface area contributed by atoms with Gasteiger partial charge in [-0.05, 0) is 25.7 Å². The average molecular weight is 327 g/mol. The van der Waals surface area contributed by atoms with Crippen LogP contribution in [0, 0.1) is 0 Å². The van der Waals surface area contributed by atoms with E-state index in [1.54, 1.807) is 4.68 Å². The van der Waals surface area contributed by atoms with Gasteiger partial charge < -0.3 is 11.1 Å². The van der Waals surface area contributed by atoms with Crippen molar-refractivity contribution in [2.24, 2.45) is 12.8 Å². The van der Waals surface area contributed by atoms with E-state index in [-0.39, 0.29) is 18.3 Å². The number of nitrogens with zero attached hydrogens (tertiary/aromatic N) is 2. The van der Waals surface area contributed by atoms with Crippen molar-refractivity contribution in [2.45, 2.75) is 69.2 Å². The van der Waals surface area contributed by atoms with E-state index in [1.165, 1.54) is 32.1 Å². The lowest BCUT2D eigenvalue weighted by Crippen LogP contribution is -2.48. The lowest BCUT2D eigenvalue weighted by molar-refractivity contribution is -0.121. The molecule has 0 saturated heterocycles. The van der Waals surface area contributed by atoms with Gasteiger partial charge in [0.15, 0.2) is 0 Å². The number of carbonyl (C=O) groups is 1. The Morgan fingerprint density at radius 2 is 1.91 bits per heavy atom. The highest BCUT2D eigenvalue weighted by Crippen LogP contribution is 2.33. The smallest absolute Gasteiger partial charge is 0.245 e. The van der Waals surface area contributed by atoms with Crippen LogP contribution in [0.5, 0.6) is 0 Å². The summed E-state index contributed by atoms with van der Waals surface area (Å²) in [6.45, 7) is 0. The van der Waals surface area contributed by atoms with Gasteiger partial charge in [-0.3, -0.25) is 9.48 Å². The van der Waals surface area contributed by atoms with Crippen molar-refractivity contribution in [3.63, 3.8) is 0 Å². The monoisotopic (exact) mass is 326 g/mol. The van der Waals surface area contributed by atoms with E-state index in [9.17, 15) is 4.79 Å². The van der Waals surface area contributed by atoms with Crippen LogP contribution in [0.3, 0.4) is 0 Å². The van der Waals surface area contributed by atoms with Gasteiger partial charge in [0.05, 0.1) is 11.2 Å². The van der Waals surface area contributed by atoms with Crippen LogP contribution in [0.4, 0.5) is 5.82 Å². The van der Waals surface area contributed by atoms with Gasteiger partial charge in [0.25, 0.3) is 0 Å². The quantitative estimate of drug-likeness (QED) is 0.896. The highest BCUT2D eigenvalue weighted by Gasteiger charge is 2.37. The van der Waals surface area contributed by atoms with Crippen molar-refractivity contribution in [3.8, 4) is 0 Å². The topological polar surface area (TPSA) is 72.9 Å². The summed E-state index contributed by atoms with van der Waals surface area (Å²) < 4.78 is 1.78. The molecule has 0 spiro atoms. The maximum Gasteiger partial charge on any atom is 0.245 e. The first kappa shape index (κ1) is 17.3. The van der Waals surface area contributed by atoms with Crippen LogP contribution < -0.4 is 11.1 Å². The van der Waals surface area contributed by atoms with Gasteiger partial charge in [0, 0.05) is 19.0 Å². The molecule has 2 fully saturated rings. The normalized spacial score (nSPS) is 21.4. The largest absolute Gasteiger partial charge is 0.317 e. The minimum Gasteiger partial charge on any atom is -0.317 e. The minimum atomic E-state index is -0.685. The molecule has 1 heterocycles. The molecule has 0 atom stereocenters. The van der Waals surface area contributed by atoms with Crippen LogP contribution in [0.25, 0.3) is 0 Å². The highest BCUT2D eigenvalue weighted by molar-refractivity contribution is 5.97. The third-order valence-corrected chi connectivity index (χ3v) is 5.11. The van der Waals surface area contributed by atoms with Gasteiger partial charge in [-0.1, -0.05) is 32.1 Å². The van der Waals surface area contributed by atoms with Crippen molar-refractivity contribution in [2.75, 3.05) is 5.32 Å². The Bertz CT molecular complexity index is 516. The Labute approximate surface area is 138 Å². The van der Waals surface area contributed by atoms with Crippen molar-refractivity contribution >= 4 is 24.1 Å². The average Bonchev–Trinajstić information content (AvgIpc) is 3.08. The molecule has 1 amide bonds. The molecule has 1 aromatic rings. The summed E-state index contributed by atoms with van der Waals surface area (Å²) >= 11 is 0. The lowest BCUT2D eigenvalue weighted by atomic mass is 9.87. The third kappa shape index (κ3) is 3.46. The van der Waals surface area contributed by atoms with E-state index in [0.717, 1.165) is 37.2 Å².